The number of alkyl halides is 2. The third-order valence-corrected chi connectivity index (χ3v) is 3.90. The third kappa shape index (κ3) is 4.55. The molecule has 0 bridgehead atoms. The lowest BCUT2D eigenvalue weighted by atomic mass is 9.90. The van der Waals surface area contributed by atoms with Crippen molar-refractivity contribution in [3.8, 4) is 5.75 Å². The molecule has 7 heteroatoms. The van der Waals surface area contributed by atoms with Crippen molar-refractivity contribution in [2.75, 3.05) is 13.1 Å². The van der Waals surface area contributed by atoms with E-state index < -0.39 is 6.61 Å². The summed E-state index contributed by atoms with van der Waals surface area (Å²) in [6.45, 7) is 0.207. The number of piperidine rings is 1. The van der Waals surface area contributed by atoms with Crippen LogP contribution in [0.5, 0.6) is 5.75 Å². The van der Waals surface area contributed by atoms with E-state index in [0.717, 1.165) is 12.8 Å². The summed E-state index contributed by atoms with van der Waals surface area (Å²) in [7, 11) is 0. The van der Waals surface area contributed by atoms with Crippen molar-refractivity contribution in [1.29, 1.82) is 0 Å². The predicted octanol–water partition coefficient (Wildman–Crippen LogP) is 2.91. The van der Waals surface area contributed by atoms with E-state index in [1.807, 2.05) is 6.92 Å². The Bertz CT molecular complexity index is 492. The molecule has 0 saturated carbocycles. The minimum absolute atomic E-state index is 0. The van der Waals surface area contributed by atoms with E-state index in [2.05, 4.69) is 4.74 Å². The van der Waals surface area contributed by atoms with Crippen LogP contribution < -0.4 is 10.5 Å². The molecule has 1 heterocycles. The number of hydrogen-bond acceptors (Lipinski definition) is 3. The van der Waals surface area contributed by atoms with Crippen molar-refractivity contribution in [3.63, 3.8) is 0 Å². The molecule has 1 saturated heterocycles. The number of nitrogens with two attached hydrogens (primary N) is 1. The molecule has 1 unspecified atom stereocenters. The van der Waals surface area contributed by atoms with Gasteiger partial charge in [0, 0.05) is 19.1 Å². The Morgan fingerprint density at radius 1 is 1.32 bits per heavy atom. The van der Waals surface area contributed by atoms with Gasteiger partial charge < -0.3 is 15.4 Å². The van der Waals surface area contributed by atoms with Crippen LogP contribution in [0.3, 0.4) is 0 Å². The molecule has 4 nitrogen and oxygen atoms in total. The van der Waals surface area contributed by atoms with Crippen molar-refractivity contribution < 1.29 is 18.3 Å². The zero-order valence-corrected chi connectivity index (χ0v) is 13.2. The van der Waals surface area contributed by atoms with Gasteiger partial charge in [0.15, 0.2) is 0 Å². The molecular formula is C15H21ClF2N2O2. The van der Waals surface area contributed by atoms with E-state index in [1.165, 1.54) is 12.1 Å². The molecule has 1 amide bonds. The second kappa shape index (κ2) is 8.29. The lowest BCUT2D eigenvalue weighted by molar-refractivity contribution is -0.0503. The van der Waals surface area contributed by atoms with Gasteiger partial charge in [0.05, 0.1) is 5.56 Å². The van der Waals surface area contributed by atoms with E-state index >= 15 is 0 Å². The number of amides is 1. The molecule has 0 aliphatic carbocycles. The molecule has 0 spiro atoms. The first-order chi connectivity index (χ1) is 9.99. The van der Waals surface area contributed by atoms with Gasteiger partial charge in [0.1, 0.15) is 5.75 Å². The second-order valence-electron chi connectivity index (χ2n) is 5.36. The van der Waals surface area contributed by atoms with Gasteiger partial charge in [-0.05, 0) is 37.8 Å². The van der Waals surface area contributed by atoms with Gasteiger partial charge in [0.2, 0.25) is 0 Å². The fourth-order valence-electron chi connectivity index (χ4n) is 2.64. The highest BCUT2D eigenvalue weighted by Gasteiger charge is 2.27. The van der Waals surface area contributed by atoms with Crippen LogP contribution in [0.25, 0.3) is 0 Å². The van der Waals surface area contributed by atoms with Gasteiger partial charge in [0.25, 0.3) is 5.91 Å². The number of nitrogens with zero attached hydrogens (tertiary/aromatic N) is 1. The first-order valence-electron chi connectivity index (χ1n) is 7.07. The minimum Gasteiger partial charge on any atom is -0.434 e. The lowest BCUT2D eigenvalue weighted by Gasteiger charge is -2.34. The molecule has 0 aromatic heterocycles. The molecule has 1 aromatic carbocycles. The Kier molecular flexibility index (Phi) is 7.03. The smallest absolute Gasteiger partial charge is 0.387 e. The van der Waals surface area contributed by atoms with Gasteiger partial charge in [-0.25, -0.2) is 0 Å². The number of carbonyl (C=O) groups excluding carboxylic acids is 1. The fourth-order valence-corrected chi connectivity index (χ4v) is 2.64. The number of carbonyl (C=O) groups is 1. The predicted molar refractivity (Wildman–Crippen MR) is 82.6 cm³/mol. The summed E-state index contributed by atoms with van der Waals surface area (Å²) in [6, 6.07) is 6.21. The maximum Gasteiger partial charge on any atom is 0.387 e. The Morgan fingerprint density at radius 2 is 1.91 bits per heavy atom. The average Bonchev–Trinajstić information content (AvgIpc) is 2.46. The first kappa shape index (κ1) is 18.6. The van der Waals surface area contributed by atoms with Crippen LogP contribution in [-0.2, 0) is 0 Å². The minimum atomic E-state index is -2.94. The van der Waals surface area contributed by atoms with Crippen LogP contribution in [0.15, 0.2) is 24.3 Å². The van der Waals surface area contributed by atoms with Gasteiger partial charge in [-0.15, -0.1) is 12.4 Å². The molecule has 1 aromatic rings. The molecule has 2 rings (SSSR count). The van der Waals surface area contributed by atoms with Crippen LogP contribution >= 0.6 is 12.4 Å². The molecule has 1 atom stereocenters. The monoisotopic (exact) mass is 334 g/mol. The number of likely N-dealkylation sites (tertiary alicyclic amines) is 1. The summed E-state index contributed by atoms with van der Waals surface area (Å²) in [5.74, 6) is 0.0581. The maximum absolute atomic E-state index is 12.4. The molecule has 124 valence electrons. The third-order valence-electron chi connectivity index (χ3n) is 3.90. The van der Waals surface area contributed by atoms with Gasteiger partial charge in [-0.2, -0.15) is 8.78 Å². The van der Waals surface area contributed by atoms with E-state index in [1.54, 1.807) is 17.0 Å². The highest BCUT2D eigenvalue weighted by molar-refractivity contribution is 5.97. The fraction of sp³-hybridized carbons (Fsp3) is 0.533. The number of para-hydroxylation sites is 1. The number of hydrogen-bond donors (Lipinski definition) is 1. The quantitative estimate of drug-likeness (QED) is 0.921. The molecule has 1 fully saturated rings. The largest absolute Gasteiger partial charge is 0.434 e. The molecule has 2 N–H and O–H groups in total. The molecule has 1 aliphatic rings. The summed E-state index contributed by atoms with van der Waals surface area (Å²) in [5.41, 5.74) is 6.05. The van der Waals surface area contributed by atoms with E-state index in [4.69, 9.17) is 5.73 Å². The highest BCUT2D eigenvalue weighted by atomic mass is 35.5. The molecule has 1 aliphatic heterocycles. The highest BCUT2D eigenvalue weighted by Crippen LogP contribution is 2.25. The Balaban J connectivity index is 0.00000242. The van der Waals surface area contributed by atoms with Crippen LogP contribution in [0.2, 0.25) is 0 Å². The van der Waals surface area contributed by atoms with Crippen molar-refractivity contribution >= 4 is 18.3 Å². The van der Waals surface area contributed by atoms with Crippen molar-refractivity contribution in [1.82, 2.24) is 4.90 Å². The average molecular weight is 335 g/mol. The Labute approximate surface area is 135 Å². The molecular weight excluding hydrogens is 314 g/mol. The summed E-state index contributed by atoms with van der Waals surface area (Å²) < 4.78 is 29.2. The van der Waals surface area contributed by atoms with Gasteiger partial charge in [-0.1, -0.05) is 12.1 Å². The SMILES string of the molecule is CC(N)C1CCN(C(=O)c2ccccc2OC(F)F)CC1.Cl. The van der Waals surface area contributed by atoms with E-state index in [0.29, 0.717) is 19.0 Å². The number of halogens is 3. The maximum atomic E-state index is 12.4. The lowest BCUT2D eigenvalue weighted by Crippen LogP contribution is -2.42. The van der Waals surface area contributed by atoms with Crippen LogP contribution in [0, 0.1) is 5.92 Å². The van der Waals surface area contributed by atoms with E-state index in [-0.39, 0.29) is 35.7 Å². The number of ether oxygens (including phenoxy) is 1. The standard InChI is InChI=1S/C15H20F2N2O2.ClH/c1-10(18)11-6-8-19(9-7-11)14(20)12-4-2-3-5-13(12)21-15(16)17;/h2-5,10-11,15H,6-9,18H2,1H3;1H. The topological polar surface area (TPSA) is 55.6 Å². The van der Waals surface area contributed by atoms with Crippen LogP contribution in [0.4, 0.5) is 8.78 Å². The van der Waals surface area contributed by atoms with Gasteiger partial charge in [-0.3, -0.25) is 4.79 Å². The molecule has 0 radical (unpaired) electrons. The Morgan fingerprint density at radius 3 is 2.45 bits per heavy atom. The second-order valence-corrected chi connectivity index (χ2v) is 5.36. The number of rotatable bonds is 4. The number of benzene rings is 1. The first-order valence-corrected chi connectivity index (χ1v) is 7.07. The van der Waals surface area contributed by atoms with Crippen molar-refractivity contribution in [3.05, 3.63) is 29.8 Å². The zero-order valence-electron chi connectivity index (χ0n) is 12.4. The van der Waals surface area contributed by atoms with Crippen molar-refractivity contribution in [2.24, 2.45) is 11.7 Å². The zero-order chi connectivity index (χ0) is 15.4. The normalized spacial score (nSPS) is 17.0. The summed E-state index contributed by atoms with van der Waals surface area (Å²) >= 11 is 0. The van der Waals surface area contributed by atoms with Crippen molar-refractivity contribution in [2.45, 2.75) is 32.4 Å². The molecule has 22 heavy (non-hydrogen) atoms. The van der Waals surface area contributed by atoms with Gasteiger partial charge >= 0.3 is 6.61 Å². The van der Waals surface area contributed by atoms with Crippen LogP contribution in [-0.4, -0.2) is 36.5 Å². The van der Waals surface area contributed by atoms with E-state index in [9.17, 15) is 13.6 Å². The summed E-state index contributed by atoms with van der Waals surface area (Å²) in [6.07, 6.45) is 1.67. The summed E-state index contributed by atoms with van der Waals surface area (Å²) in [4.78, 5) is 14.1. The summed E-state index contributed by atoms with van der Waals surface area (Å²) in [5, 5.41) is 0. The van der Waals surface area contributed by atoms with Crippen LogP contribution in [0.1, 0.15) is 30.1 Å². The Hall–Kier alpha value is -1.40.